The lowest BCUT2D eigenvalue weighted by molar-refractivity contribution is -0.369. The number of aliphatic hydroxyl groups is 6. The molecule has 0 spiro atoms. The summed E-state index contributed by atoms with van der Waals surface area (Å²) in [6, 6.07) is -1.22. The minimum atomic E-state index is -2.48. The van der Waals surface area contributed by atoms with Crippen molar-refractivity contribution in [3.05, 3.63) is 47.6 Å². The average molecular weight is 1080 g/mol. The molecule has 1 saturated carbocycles. The zero-order valence-electron chi connectivity index (χ0n) is 46.4. The van der Waals surface area contributed by atoms with Crippen molar-refractivity contribution < 1.29 is 87.8 Å². The highest BCUT2D eigenvalue weighted by Crippen LogP contribution is 2.40. The summed E-state index contributed by atoms with van der Waals surface area (Å²) in [7, 11) is 4.41. The van der Waals surface area contributed by atoms with Crippen LogP contribution in [-0.2, 0) is 57.1 Å². The summed E-state index contributed by atoms with van der Waals surface area (Å²) in [6.45, 7) is 11.3. The Hall–Kier alpha value is -3.57. The van der Waals surface area contributed by atoms with Gasteiger partial charge in [-0.05, 0) is 107 Å². The molecule has 0 aromatic rings. The molecule has 5 rings (SSSR count). The van der Waals surface area contributed by atoms with Crippen molar-refractivity contribution in [2.24, 2.45) is 35.5 Å². The van der Waals surface area contributed by atoms with Gasteiger partial charge in [-0.2, -0.15) is 0 Å². The Morgan fingerprint density at radius 3 is 2.22 bits per heavy atom. The molecule has 4 fully saturated rings. The molecule has 19 heteroatoms. The molecule has 76 heavy (non-hydrogen) atoms. The minimum absolute atomic E-state index is 0.0154. The first-order valence-corrected chi connectivity index (χ1v) is 27.4. The van der Waals surface area contributed by atoms with Crippen LogP contribution >= 0.6 is 0 Å². The number of ketones is 3. The largest absolute Gasteiger partial charge is 0.460 e. The topological polar surface area (TPSA) is 275 Å². The first-order chi connectivity index (χ1) is 35.9. The van der Waals surface area contributed by atoms with E-state index >= 15 is 0 Å². The van der Waals surface area contributed by atoms with E-state index in [1.54, 1.807) is 40.9 Å². The Morgan fingerprint density at radius 2 is 1.55 bits per heavy atom. The highest BCUT2D eigenvalue weighted by Gasteiger charge is 2.55. The molecule has 19 atom stereocenters. The number of allylic oxidation sites excluding steroid dienone is 6. The summed E-state index contributed by atoms with van der Waals surface area (Å²) >= 11 is 0. The SMILES string of the molecule is CO[C@H]1C[C@@H]2CC[C@@H](C)[C@@](O)(O2)C(=O)C(=O)N2CCCCC2C(=O)O[C@H]([C@H](C)CC2CC[C@@H](OC3(CO)OC[C@H](O)[C@@H](O)[C@@H]3O)[C@H](OC)C2)CC(=O)[C@H](C)/C=C(\C)[C@@H](O)[C@@H](OC)C(=O)[C@H](C)C[C@H](C)\C=C/C=C/C=C/1C. The Morgan fingerprint density at radius 1 is 0.829 bits per heavy atom. The van der Waals surface area contributed by atoms with Crippen molar-refractivity contribution in [3.63, 3.8) is 0 Å². The molecule has 1 amide bonds. The van der Waals surface area contributed by atoms with Crippen LogP contribution in [0.4, 0.5) is 0 Å². The van der Waals surface area contributed by atoms with Crippen molar-refractivity contribution >= 4 is 29.2 Å². The number of aliphatic hydroxyl groups excluding tert-OH is 5. The van der Waals surface area contributed by atoms with Gasteiger partial charge in [0.15, 0.2) is 5.78 Å². The van der Waals surface area contributed by atoms with Crippen LogP contribution in [0.15, 0.2) is 47.6 Å². The van der Waals surface area contributed by atoms with Crippen LogP contribution in [0.1, 0.15) is 126 Å². The number of hydrogen-bond acceptors (Lipinski definition) is 18. The van der Waals surface area contributed by atoms with Gasteiger partial charge in [0.1, 0.15) is 55.1 Å². The summed E-state index contributed by atoms with van der Waals surface area (Å²) in [5, 5.41) is 65.2. The molecular weight excluding hydrogens is 987 g/mol. The molecule has 3 saturated heterocycles. The monoisotopic (exact) mass is 1080 g/mol. The van der Waals surface area contributed by atoms with Crippen LogP contribution in [0.3, 0.4) is 0 Å². The number of hydrogen-bond donors (Lipinski definition) is 6. The highest BCUT2D eigenvalue weighted by molar-refractivity contribution is 6.39. The first-order valence-electron chi connectivity index (χ1n) is 27.4. The van der Waals surface area contributed by atoms with Crippen molar-refractivity contribution in [1.29, 1.82) is 0 Å². The molecule has 5 aliphatic rings. The molecule has 3 unspecified atom stereocenters. The number of Topliss-reactive ketones (excluding diaryl/α,β-unsaturated/α-hetero) is 3. The molecule has 0 aromatic carbocycles. The second kappa shape index (κ2) is 28.5. The number of ether oxygens (including phenoxy) is 7. The number of cyclic esters (lactones) is 1. The minimum Gasteiger partial charge on any atom is -0.460 e. The van der Waals surface area contributed by atoms with Gasteiger partial charge >= 0.3 is 5.97 Å². The summed E-state index contributed by atoms with van der Waals surface area (Å²) < 4.78 is 41.6. The average Bonchev–Trinajstić information content (AvgIpc) is 3.40. The van der Waals surface area contributed by atoms with Crippen molar-refractivity contribution in [3.8, 4) is 0 Å². The van der Waals surface area contributed by atoms with Crippen LogP contribution in [0.2, 0.25) is 0 Å². The van der Waals surface area contributed by atoms with E-state index in [-0.39, 0.29) is 55.8 Å². The standard InChI is InChI=1S/C57H89NO18/c1-32-16-12-11-13-17-33(2)45(70-8)28-40-21-19-38(7)57(69,75-40)53(66)54(67)58-23-15-14-18-41(58)55(68)74-46(29-42(60)34(3)25-37(6)49(63)51(72-10)48(62)36(5)24-32)35(4)26-39-20-22-44(47(27-39)71-9)76-56(31-59)52(65)50(64)43(61)30-73-56/h11-13,16-17,25,32,34-36,38-41,43-47,49-52,59,61,63-65,69H,14-15,18-24,26-31H2,1-10H3/b13-11+,16-12-,33-17+,37-25+/t32-,34-,35-,36-,38-,39?,40+,41?,43+,44-,45+,46+,47-,49-,50-,51+,52+,56?,57-/m1/s1. The third-order valence-corrected chi connectivity index (χ3v) is 16.7. The van der Waals surface area contributed by atoms with Crippen molar-refractivity contribution in [2.45, 2.75) is 204 Å². The van der Waals surface area contributed by atoms with E-state index in [1.807, 2.05) is 51.2 Å². The summed E-state index contributed by atoms with van der Waals surface area (Å²) in [4.78, 5) is 72.7. The Bertz CT molecular complexity index is 2090. The van der Waals surface area contributed by atoms with Crippen LogP contribution < -0.4 is 0 Å². The van der Waals surface area contributed by atoms with E-state index in [9.17, 15) is 54.6 Å². The number of amides is 1. The molecule has 2 bridgehead atoms. The van der Waals surface area contributed by atoms with Gasteiger partial charge in [-0.15, -0.1) is 0 Å². The Kier molecular flexibility index (Phi) is 23.8. The quantitative estimate of drug-likeness (QED) is 0.108. The van der Waals surface area contributed by atoms with Crippen molar-refractivity contribution in [2.75, 3.05) is 41.1 Å². The van der Waals surface area contributed by atoms with Crippen LogP contribution in [-0.4, -0.2) is 185 Å². The summed E-state index contributed by atoms with van der Waals surface area (Å²) in [5.41, 5.74) is 1.19. The number of piperidine rings is 1. The molecule has 430 valence electrons. The maximum absolute atomic E-state index is 14.6. The third-order valence-electron chi connectivity index (χ3n) is 16.7. The van der Waals surface area contributed by atoms with E-state index in [1.165, 1.54) is 14.2 Å². The number of fused-ring (bicyclic) bond motifs is 3. The first kappa shape index (κ1) is 63.3. The van der Waals surface area contributed by atoms with Crippen molar-refractivity contribution in [1.82, 2.24) is 4.90 Å². The molecule has 0 aromatic heterocycles. The lowest BCUT2D eigenvalue weighted by atomic mass is 9.78. The third kappa shape index (κ3) is 15.4. The number of carbonyl (C=O) groups excluding carboxylic acids is 5. The van der Waals surface area contributed by atoms with Gasteiger partial charge in [0.2, 0.25) is 11.6 Å². The van der Waals surface area contributed by atoms with E-state index < -0.39 is 127 Å². The highest BCUT2D eigenvalue weighted by atomic mass is 16.7. The van der Waals surface area contributed by atoms with Gasteiger partial charge in [-0.1, -0.05) is 71.1 Å². The van der Waals surface area contributed by atoms with Crippen LogP contribution in [0.5, 0.6) is 0 Å². The van der Waals surface area contributed by atoms with Gasteiger partial charge < -0.3 is 68.7 Å². The zero-order valence-corrected chi connectivity index (χ0v) is 46.4. The molecule has 4 aliphatic heterocycles. The Labute approximate surface area is 449 Å². The molecule has 0 radical (unpaired) electrons. The molecular formula is C57H89NO18. The zero-order chi connectivity index (χ0) is 56.2. The normalized spacial score (nSPS) is 42.4. The lowest BCUT2D eigenvalue weighted by Gasteiger charge is -2.47. The maximum atomic E-state index is 14.6. The number of nitrogens with zero attached hydrogens (tertiary/aromatic N) is 1. The molecule has 1 aliphatic carbocycles. The van der Waals surface area contributed by atoms with Gasteiger partial charge in [-0.3, -0.25) is 19.2 Å². The number of carbonyl (C=O) groups is 5. The lowest BCUT2D eigenvalue weighted by Crippen LogP contribution is -2.65. The Balaban J connectivity index is 1.45. The smallest absolute Gasteiger partial charge is 0.329 e. The van der Waals surface area contributed by atoms with Gasteiger partial charge in [0.05, 0.1) is 31.0 Å². The van der Waals surface area contributed by atoms with Gasteiger partial charge in [0.25, 0.3) is 11.7 Å². The van der Waals surface area contributed by atoms with E-state index in [0.29, 0.717) is 63.4 Å². The number of methoxy groups -OCH3 is 3. The van der Waals surface area contributed by atoms with E-state index in [4.69, 9.17) is 33.2 Å². The molecule has 19 nitrogen and oxygen atoms in total. The number of rotatable bonds is 9. The van der Waals surface area contributed by atoms with Gasteiger partial charge in [-0.25, -0.2) is 4.79 Å². The van der Waals surface area contributed by atoms with Crippen LogP contribution in [0.25, 0.3) is 0 Å². The van der Waals surface area contributed by atoms with Crippen LogP contribution in [0, 0.1) is 35.5 Å². The summed E-state index contributed by atoms with van der Waals surface area (Å²) in [5.74, 6) is -10.8. The molecule has 6 N–H and O–H groups in total. The molecule has 4 heterocycles. The second-order valence-electron chi connectivity index (χ2n) is 22.5. The predicted molar refractivity (Wildman–Crippen MR) is 278 cm³/mol. The fraction of sp³-hybridized carbons (Fsp3) is 0.772. The predicted octanol–water partition coefficient (Wildman–Crippen LogP) is 4.01. The number of esters is 1. The van der Waals surface area contributed by atoms with Gasteiger partial charge in [0, 0.05) is 58.5 Å². The van der Waals surface area contributed by atoms with E-state index in [2.05, 4.69) is 0 Å². The summed E-state index contributed by atoms with van der Waals surface area (Å²) in [6.07, 6.45) is 4.53. The van der Waals surface area contributed by atoms with E-state index in [0.717, 1.165) is 10.5 Å². The second-order valence-corrected chi connectivity index (χ2v) is 22.5. The fourth-order valence-corrected chi connectivity index (χ4v) is 11.7. The maximum Gasteiger partial charge on any atom is 0.329 e. The fourth-order valence-electron chi connectivity index (χ4n) is 11.7.